The van der Waals surface area contributed by atoms with Gasteiger partial charge in [-0.2, -0.15) is 20.2 Å². The van der Waals surface area contributed by atoms with Crippen LogP contribution in [0.1, 0.15) is 13.8 Å². The molecular formula is C27H24N4O6. The zero-order valence-electron chi connectivity index (χ0n) is 20.2. The fourth-order valence-electron chi connectivity index (χ4n) is 3.69. The van der Waals surface area contributed by atoms with Crippen LogP contribution >= 0.6 is 0 Å². The van der Waals surface area contributed by atoms with E-state index < -0.39 is 29.7 Å². The molecule has 2 aromatic rings. The monoisotopic (exact) mass is 500 g/mol. The van der Waals surface area contributed by atoms with E-state index in [9.17, 15) is 19.2 Å². The summed E-state index contributed by atoms with van der Waals surface area (Å²) in [5, 5.41) is 10.6. The van der Waals surface area contributed by atoms with Gasteiger partial charge in [0, 0.05) is 0 Å². The second kappa shape index (κ2) is 11.3. The molecule has 10 heteroatoms. The van der Waals surface area contributed by atoms with Crippen molar-refractivity contribution in [3.63, 3.8) is 0 Å². The van der Waals surface area contributed by atoms with Crippen molar-refractivity contribution in [3.05, 3.63) is 84.5 Å². The molecule has 0 spiro atoms. The largest absolute Gasteiger partial charge is 0.461 e. The Hall–Kier alpha value is -4.86. The molecule has 0 radical (unpaired) electrons. The van der Waals surface area contributed by atoms with E-state index in [0.29, 0.717) is 11.4 Å². The third-order valence-corrected chi connectivity index (χ3v) is 5.38. The molecule has 0 aromatic heterocycles. The number of hydrogen-bond donors (Lipinski definition) is 0. The third-order valence-electron chi connectivity index (χ3n) is 5.38. The van der Waals surface area contributed by atoms with Crippen LogP contribution < -0.4 is 10.0 Å². The van der Waals surface area contributed by atoms with Crippen LogP contribution in [0.5, 0.6) is 0 Å². The van der Waals surface area contributed by atoms with Crippen LogP contribution in [0.2, 0.25) is 0 Å². The van der Waals surface area contributed by atoms with Crippen molar-refractivity contribution in [2.75, 3.05) is 23.2 Å². The maximum Gasteiger partial charge on any atom is 0.359 e. The Bertz CT molecular complexity index is 1330. The van der Waals surface area contributed by atoms with E-state index in [1.165, 1.54) is 18.2 Å². The molecule has 0 aliphatic carbocycles. The first-order valence-corrected chi connectivity index (χ1v) is 11.6. The Morgan fingerprint density at radius 3 is 2.00 bits per heavy atom. The molecule has 1 atom stereocenters. The summed E-state index contributed by atoms with van der Waals surface area (Å²) in [6.45, 7) is 3.51. The van der Waals surface area contributed by atoms with Crippen LogP contribution in [0.15, 0.2) is 94.7 Å². The van der Waals surface area contributed by atoms with Crippen molar-refractivity contribution in [2.24, 2.45) is 16.1 Å². The zero-order valence-corrected chi connectivity index (χ0v) is 20.2. The number of para-hydroxylation sites is 2. The first kappa shape index (κ1) is 25.2. The number of nitrogens with zero attached hydrogens (tertiary/aromatic N) is 4. The number of hydrogen-bond acceptors (Lipinski definition) is 8. The van der Waals surface area contributed by atoms with E-state index in [4.69, 9.17) is 9.47 Å². The molecule has 0 N–H and O–H groups in total. The Labute approximate surface area is 213 Å². The van der Waals surface area contributed by atoms with Crippen molar-refractivity contribution in [1.82, 2.24) is 0 Å². The highest BCUT2D eigenvalue weighted by atomic mass is 16.5. The van der Waals surface area contributed by atoms with Gasteiger partial charge >= 0.3 is 11.9 Å². The van der Waals surface area contributed by atoms with E-state index in [-0.39, 0.29) is 30.2 Å². The van der Waals surface area contributed by atoms with Crippen molar-refractivity contribution in [2.45, 2.75) is 13.8 Å². The van der Waals surface area contributed by atoms with E-state index in [2.05, 4.69) is 10.2 Å². The number of rotatable bonds is 8. The number of allylic oxidation sites excluding steroid dienone is 2. The molecule has 37 heavy (non-hydrogen) atoms. The lowest BCUT2D eigenvalue weighted by Crippen LogP contribution is -2.29. The lowest BCUT2D eigenvalue weighted by Gasteiger charge is -2.12. The van der Waals surface area contributed by atoms with Gasteiger partial charge in [-0.1, -0.05) is 48.6 Å². The summed E-state index contributed by atoms with van der Waals surface area (Å²) in [5.74, 6) is -3.54. The van der Waals surface area contributed by atoms with Crippen LogP contribution in [-0.2, 0) is 28.7 Å². The maximum atomic E-state index is 13.2. The molecule has 0 fully saturated rings. The van der Waals surface area contributed by atoms with Gasteiger partial charge in [-0.3, -0.25) is 9.59 Å². The topological polar surface area (TPSA) is 118 Å². The summed E-state index contributed by atoms with van der Waals surface area (Å²) in [7, 11) is 0. The zero-order chi connectivity index (χ0) is 26.4. The first-order valence-electron chi connectivity index (χ1n) is 11.6. The number of hydrazone groups is 2. The van der Waals surface area contributed by atoms with Gasteiger partial charge in [0.25, 0.3) is 11.8 Å². The molecule has 0 bridgehead atoms. The average Bonchev–Trinajstić information content (AvgIpc) is 3.42. The van der Waals surface area contributed by atoms with Gasteiger partial charge < -0.3 is 9.47 Å². The standard InChI is InChI=1S/C27H24N4O6/c1-3-36-26(34)22-20(24(32)30(28-22)18-12-7-5-8-13-18)16-11-17-21-23(27(35)37-4-2)29-31(25(21)33)19-14-9-6-10-15-19/h5-17,20H,3-4H2,1-2H3. The minimum absolute atomic E-state index is 0.0152. The molecule has 1 unspecified atom stereocenters. The second-order valence-electron chi connectivity index (χ2n) is 7.76. The normalized spacial score (nSPS) is 18.4. The average molecular weight is 501 g/mol. The maximum absolute atomic E-state index is 13.2. The summed E-state index contributed by atoms with van der Waals surface area (Å²) in [6.07, 6.45) is 4.21. The highest BCUT2D eigenvalue weighted by Gasteiger charge is 2.40. The second-order valence-corrected chi connectivity index (χ2v) is 7.76. The first-order chi connectivity index (χ1) is 18.0. The van der Waals surface area contributed by atoms with Gasteiger partial charge in [-0.25, -0.2) is 9.59 Å². The predicted molar refractivity (Wildman–Crippen MR) is 137 cm³/mol. The van der Waals surface area contributed by atoms with Crippen molar-refractivity contribution in [1.29, 1.82) is 0 Å². The molecule has 2 aliphatic rings. The SMILES string of the molecule is CCOC(=O)C1=NN(c2ccccc2)C(=O)C1=CC=CC1C(=O)N(c2ccccc2)N=C1C(=O)OCC. The molecule has 0 saturated carbocycles. The fourth-order valence-corrected chi connectivity index (χ4v) is 3.69. The summed E-state index contributed by atoms with van der Waals surface area (Å²) in [6, 6.07) is 17.3. The molecule has 2 amide bonds. The smallest absolute Gasteiger partial charge is 0.359 e. The Morgan fingerprint density at radius 1 is 0.838 bits per heavy atom. The van der Waals surface area contributed by atoms with Crippen LogP contribution in [0.25, 0.3) is 0 Å². The quantitative estimate of drug-likeness (QED) is 0.406. The number of esters is 2. The molecular weight excluding hydrogens is 476 g/mol. The lowest BCUT2D eigenvalue weighted by molar-refractivity contribution is -0.136. The number of ether oxygens (including phenoxy) is 2. The van der Waals surface area contributed by atoms with Crippen molar-refractivity contribution >= 4 is 46.6 Å². The van der Waals surface area contributed by atoms with Crippen LogP contribution in [0.3, 0.4) is 0 Å². The highest BCUT2D eigenvalue weighted by molar-refractivity contribution is 6.53. The van der Waals surface area contributed by atoms with E-state index in [1.54, 1.807) is 74.5 Å². The van der Waals surface area contributed by atoms with E-state index in [1.807, 2.05) is 0 Å². The summed E-state index contributed by atoms with van der Waals surface area (Å²) < 4.78 is 10.2. The van der Waals surface area contributed by atoms with Gasteiger partial charge in [-0.15, -0.1) is 0 Å². The number of benzene rings is 2. The molecule has 4 rings (SSSR count). The fraction of sp³-hybridized carbons (Fsp3) is 0.185. The Balaban J connectivity index is 1.65. The summed E-state index contributed by atoms with van der Waals surface area (Å²) in [5.41, 5.74) is 0.697. The van der Waals surface area contributed by atoms with Crippen molar-refractivity contribution < 1.29 is 28.7 Å². The summed E-state index contributed by atoms with van der Waals surface area (Å²) in [4.78, 5) is 51.4. The lowest BCUT2D eigenvalue weighted by atomic mass is 10.0. The highest BCUT2D eigenvalue weighted by Crippen LogP contribution is 2.27. The molecule has 0 saturated heterocycles. The number of carbonyl (C=O) groups excluding carboxylic acids is 4. The minimum atomic E-state index is -1.05. The molecule has 10 nitrogen and oxygen atoms in total. The van der Waals surface area contributed by atoms with Gasteiger partial charge in [0.1, 0.15) is 5.92 Å². The molecule has 2 heterocycles. The molecule has 2 aromatic carbocycles. The number of anilines is 2. The van der Waals surface area contributed by atoms with Gasteiger partial charge in [-0.05, 0) is 44.2 Å². The van der Waals surface area contributed by atoms with E-state index >= 15 is 0 Å². The third kappa shape index (κ3) is 5.22. The molecule has 188 valence electrons. The molecule has 2 aliphatic heterocycles. The minimum Gasteiger partial charge on any atom is -0.461 e. The van der Waals surface area contributed by atoms with Gasteiger partial charge in [0.2, 0.25) is 0 Å². The van der Waals surface area contributed by atoms with Crippen LogP contribution in [-0.4, -0.2) is 48.4 Å². The van der Waals surface area contributed by atoms with Crippen LogP contribution in [0, 0.1) is 5.92 Å². The number of carbonyl (C=O) groups is 4. The van der Waals surface area contributed by atoms with Crippen LogP contribution in [0.4, 0.5) is 11.4 Å². The number of amides is 2. The van der Waals surface area contributed by atoms with E-state index in [0.717, 1.165) is 10.0 Å². The van der Waals surface area contributed by atoms with Gasteiger partial charge in [0.05, 0.1) is 30.2 Å². The predicted octanol–water partition coefficient (Wildman–Crippen LogP) is 3.02. The Morgan fingerprint density at radius 2 is 1.41 bits per heavy atom. The Kier molecular flexibility index (Phi) is 7.68. The van der Waals surface area contributed by atoms with Crippen molar-refractivity contribution in [3.8, 4) is 0 Å². The summed E-state index contributed by atoms with van der Waals surface area (Å²) >= 11 is 0. The van der Waals surface area contributed by atoms with Gasteiger partial charge in [0.15, 0.2) is 11.4 Å².